The molecule has 124 valence electrons. The van der Waals surface area contributed by atoms with Gasteiger partial charge in [0.15, 0.2) is 0 Å². The molecule has 4 nitrogen and oxygen atoms in total. The smallest absolute Gasteiger partial charge is 0.142 e. The monoisotopic (exact) mass is 337 g/mol. The van der Waals surface area contributed by atoms with E-state index in [1.54, 1.807) is 6.07 Å². The molecule has 0 fully saturated rings. The van der Waals surface area contributed by atoms with Crippen molar-refractivity contribution < 1.29 is 9.13 Å². The van der Waals surface area contributed by atoms with E-state index < -0.39 is 0 Å². The Hall–Kier alpha value is -1.43. The summed E-state index contributed by atoms with van der Waals surface area (Å²) < 4.78 is 21.1. The summed E-state index contributed by atoms with van der Waals surface area (Å²) in [5.41, 5.74) is 3.27. The van der Waals surface area contributed by atoms with Crippen LogP contribution in [-0.4, -0.2) is 34.4 Å². The highest BCUT2D eigenvalue weighted by Gasteiger charge is 2.28. The van der Waals surface area contributed by atoms with Crippen molar-refractivity contribution in [2.75, 3.05) is 19.8 Å². The van der Waals surface area contributed by atoms with E-state index in [0.717, 1.165) is 24.3 Å². The van der Waals surface area contributed by atoms with Gasteiger partial charge in [-0.15, -0.1) is 0 Å². The maximum absolute atomic E-state index is 13.6. The first kappa shape index (κ1) is 16.4. The molecular weight excluding hydrogens is 317 g/mol. The summed E-state index contributed by atoms with van der Waals surface area (Å²) in [7, 11) is 1.94. The molecule has 0 radical (unpaired) electrons. The normalized spacial score (nSPS) is 18.2. The molecule has 0 aliphatic carbocycles. The van der Waals surface area contributed by atoms with Crippen molar-refractivity contribution >= 4 is 11.6 Å². The van der Waals surface area contributed by atoms with Crippen LogP contribution in [0.5, 0.6) is 0 Å². The van der Waals surface area contributed by atoms with Gasteiger partial charge in [-0.25, -0.2) is 4.39 Å². The summed E-state index contributed by atoms with van der Waals surface area (Å²) in [6.07, 6.45) is 2.06. The van der Waals surface area contributed by atoms with Crippen molar-refractivity contribution in [2.45, 2.75) is 25.9 Å². The second-order valence-electron chi connectivity index (χ2n) is 5.99. The minimum atomic E-state index is -0.367. The van der Waals surface area contributed by atoms with E-state index >= 15 is 0 Å². The number of ether oxygens (including phenoxy) is 1. The van der Waals surface area contributed by atoms with Crippen molar-refractivity contribution in [1.82, 2.24) is 14.7 Å². The Kier molecular flexibility index (Phi) is 4.99. The van der Waals surface area contributed by atoms with E-state index in [2.05, 4.69) is 16.2 Å². The molecule has 1 aromatic carbocycles. The maximum atomic E-state index is 13.6. The summed E-state index contributed by atoms with van der Waals surface area (Å²) in [6, 6.07) is 5.00. The van der Waals surface area contributed by atoms with Gasteiger partial charge in [-0.05, 0) is 24.6 Å². The van der Waals surface area contributed by atoms with Crippen LogP contribution in [0.15, 0.2) is 24.4 Å². The molecule has 0 bridgehead atoms. The first-order chi connectivity index (χ1) is 11.1. The zero-order valence-electron chi connectivity index (χ0n) is 13.4. The second kappa shape index (κ2) is 6.99. The lowest BCUT2D eigenvalue weighted by Gasteiger charge is -2.31. The van der Waals surface area contributed by atoms with E-state index in [1.165, 1.54) is 11.6 Å². The van der Waals surface area contributed by atoms with Crippen LogP contribution in [0.2, 0.25) is 5.02 Å². The lowest BCUT2D eigenvalue weighted by atomic mass is 9.97. The first-order valence-corrected chi connectivity index (χ1v) is 8.21. The minimum absolute atomic E-state index is 0.163. The number of nitrogens with zero attached hydrogens (tertiary/aromatic N) is 3. The van der Waals surface area contributed by atoms with E-state index in [4.69, 9.17) is 16.3 Å². The van der Waals surface area contributed by atoms with Crippen LogP contribution in [0, 0.1) is 5.82 Å². The maximum Gasteiger partial charge on any atom is 0.142 e. The molecule has 6 heteroatoms. The van der Waals surface area contributed by atoms with E-state index in [0.29, 0.717) is 19.8 Å². The average Bonchev–Trinajstić information content (AvgIpc) is 2.89. The molecule has 3 rings (SSSR count). The molecule has 0 amide bonds. The molecular formula is C17H21ClFN3O. The number of hydrogen-bond donors (Lipinski definition) is 0. The van der Waals surface area contributed by atoms with Crippen molar-refractivity contribution in [3.8, 4) is 0 Å². The minimum Gasteiger partial charge on any atom is -0.381 e. The van der Waals surface area contributed by atoms with Gasteiger partial charge in [-0.1, -0.05) is 17.7 Å². The molecule has 1 atom stereocenters. The van der Waals surface area contributed by atoms with Crippen LogP contribution in [0.1, 0.15) is 29.7 Å². The van der Waals surface area contributed by atoms with Crippen LogP contribution < -0.4 is 0 Å². The summed E-state index contributed by atoms with van der Waals surface area (Å²) >= 11 is 5.76. The molecule has 0 saturated carbocycles. The summed E-state index contributed by atoms with van der Waals surface area (Å²) in [4.78, 5) is 2.30. The zero-order valence-corrected chi connectivity index (χ0v) is 14.2. The van der Waals surface area contributed by atoms with Crippen molar-refractivity contribution in [2.24, 2.45) is 7.05 Å². The van der Waals surface area contributed by atoms with Crippen molar-refractivity contribution in [3.05, 3.63) is 52.1 Å². The highest BCUT2D eigenvalue weighted by molar-refractivity contribution is 6.30. The fraction of sp³-hybridized carbons (Fsp3) is 0.471. The zero-order chi connectivity index (χ0) is 16.4. The third kappa shape index (κ3) is 3.74. The van der Waals surface area contributed by atoms with Gasteiger partial charge >= 0.3 is 0 Å². The van der Waals surface area contributed by atoms with Crippen molar-refractivity contribution in [3.63, 3.8) is 0 Å². The van der Waals surface area contributed by atoms with Gasteiger partial charge in [0.05, 0.1) is 17.3 Å². The number of benzene rings is 1. The Morgan fingerprint density at radius 2 is 2.26 bits per heavy atom. The van der Waals surface area contributed by atoms with Gasteiger partial charge in [-0.2, -0.15) is 5.10 Å². The lowest BCUT2D eigenvalue weighted by molar-refractivity contribution is 0.104. The van der Waals surface area contributed by atoms with E-state index in [-0.39, 0.29) is 16.8 Å². The molecule has 1 aliphatic rings. The van der Waals surface area contributed by atoms with Gasteiger partial charge < -0.3 is 4.74 Å². The fourth-order valence-corrected chi connectivity index (χ4v) is 3.25. The molecule has 23 heavy (non-hydrogen) atoms. The second-order valence-corrected chi connectivity index (χ2v) is 6.39. The Labute approximate surface area is 140 Å². The number of halogens is 2. The third-order valence-corrected chi connectivity index (χ3v) is 4.42. The SMILES string of the molecule is CCOCC1CN(Cc2ccc(Cl)c(F)c2)Cc2cn(C)nc21. The number of hydrogen-bond acceptors (Lipinski definition) is 3. The van der Waals surface area contributed by atoms with Gasteiger partial charge in [0, 0.05) is 51.0 Å². The largest absolute Gasteiger partial charge is 0.381 e. The number of aryl methyl sites for hydroxylation is 1. The fourth-order valence-electron chi connectivity index (χ4n) is 3.13. The highest BCUT2D eigenvalue weighted by Crippen LogP contribution is 2.28. The predicted octanol–water partition coefficient (Wildman–Crippen LogP) is 3.35. The van der Waals surface area contributed by atoms with Crippen LogP contribution in [-0.2, 0) is 24.9 Å². The van der Waals surface area contributed by atoms with Crippen LogP contribution in [0.4, 0.5) is 4.39 Å². The summed E-state index contributed by atoms with van der Waals surface area (Å²) in [5, 5.41) is 4.75. The molecule has 1 aromatic heterocycles. The quantitative estimate of drug-likeness (QED) is 0.838. The molecule has 0 N–H and O–H groups in total. The third-order valence-electron chi connectivity index (χ3n) is 4.11. The molecule has 0 spiro atoms. The Morgan fingerprint density at radius 1 is 1.43 bits per heavy atom. The Bertz CT molecular complexity index is 688. The number of aromatic nitrogens is 2. The van der Waals surface area contributed by atoms with Crippen LogP contribution in [0.3, 0.4) is 0 Å². The van der Waals surface area contributed by atoms with E-state index in [9.17, 15) is 4.39 Å². The van der Waals surface area contributed by atoms with Gasteiger partial charge in [-0.3, -0.25) is 9.58 Å². The first-order valence-electron chi connectivity index (χ1n) is 7.83. The van der Waals surface area contributed by atoms with Gasteiger partial charge in [0.1, 0.15) is 5.82 Å². The Balaban J connectivity index is 1.77. The van der Waals surface area contributed by atoms with E-state index in [1.807, 2.05) is 24.7 Å². The predicted molar refractivity (Wildman–Crippen MR) is 88.0 cm³/mol. The average molecular weight is 338 g/mol. The number of rotatable bonds is 5. The van der Waals surface area contributed by atoms with Crippen molar-refractivity contribution in [1.29, 1.82) is 0 Å². The molecule has 2 aromatic rings. The number of fused-ring (bicyclic) bond motifs is 1. The molecule has 1 aliphatic heterocycles. The molecule has 2 heterocycles. The van der Waals surface area contributed by atoms with Crippen LogP contribution >= 0.6 is 11.6 Å². The van der Waals surface area contributed by atoms with Crippen LogP contribution in [0.25, 0.3) is 0 Å². The Morgan fingerprint density at radius 3 is 3.00 bits per heavy atom. The molecule has 0 saturated heterocycles. The van der Waals surface area contributed by atoms with Gasteiger partial charge in [0.25, 0.3) is 0 Å². The molecule has 1 unspecified atom stereocenters. The topological polar surface area (TPSA) is 30.3 Å². The summed E-state index contributed by atoms with van der Waals surface area (Å²) in [6.45, 7) is 5.71. The standard InChI is InChI=1S/C17H21ClFN3O/c1-3-23-11-14-10-22(9-13-8-21(2)20-17(13)14)7-12-4-5-15(18)16(19)6-12/h4-6,8,14H,3,7,9-11H2,1-2H3. The summed E-state index contributed by atoms with van der Waals surface area (Å²) in [5.74, 6) is -0.119. The highest BCUT2D eigenvalue weighted by atomic mass is 35.5. The lowest BCUT2D eigenvalue weighted by Crippen LogP contribution is -2.34. The van der Waals surface area contributed by atoms with Gasteiger partial charge in [0.2, 0.25) is 0 Å².